The predicted molar refractivity (Wildman–Crippen MR) is 109 cm³/mol. The molecule has 4 atom stereocenters. The average Bonchev–Trinajstić information content (AvgIpc) is 2.76. The molecule has 1 aliphatic rings. The average molecular weight is 441 g/mol. The highest BCUT2D eigenvalue weighted by Gasteiger charge is 2.34. The third-order valence-electron chi connectivity index (χ3n) is 5.07. The number of hydrogen-bond donors (Lipinski definition) is 5. The molecule has 10 heteroatoms. The second-order valence-electron chi connectivity index (χ2n) is 7.52. The summed E-state index contributed by atoms with van der Waals surface area (Å²) in [6.07, 6.45) is -2.49. The van der Waals surface area contributed by atoms with E-state index < -0.39 is 49.5 Å². The number of nitrogens with zero attached hydrogens (tertiary/aromatic N) is 1. The third-order valence-corrected chi connectivity index (χ3v) is 5.07. The van der Waals surface area contributed by atoms with Gasteiger partial charge in [0.05, 0.1) is 6.61 Å². The van der Waals surface area contributed by atoms with E-state index in [0.717, 1.165) is 12.8 Å². The minimum Gasteiger partial charge on any atom is -0.482 e. The van der Waals surface area contributed by atoms with E-state index in [1.807, 2.05) is 0 Å². The first kappa shape index (κ1) is 25.0. The topological polar surface area (TPSA) is 157 Å². The lowest BCUT2D eigenvalue weighted by Gasteiger charge is -2.33. The van der Waals surface area contributed by atoms with E-state index >= 15 is 0 Å². The summed E-state index contributed by atoms with van der Waals surface area (Å²) in [5, 5.41) is 49.0. The monoisotopic (exact) mass is 441 g/mol. The van der Waals surface area contributed by atoms with Gasteiger partial charge in [-0.2, -0.15) is 0 Å². The zero-order valence-electron chi connectivity index (χ0n) is 17.3. The molecule has 0 aliphatic carbocycles. The Bertz CT molecular complexity index is 714. The van der Waals surface area contributed by atoms with Gasteiger partial charge in [-0.25, -0.2) is 4.79 Å². The lowest BCUT2D eigenvalue weighted by atomic mass is 10.0. The van der Waals surface area contributed by atoms with Crippen LogP contribution in [0.2, 0.25) is 0 Å². The molecule has 5 N–H and O–H groups in total. The summed E-state index contributed by atoms with van der Waals surface area (Å²) in [5.74, 6) is -1.33. The first-order valence-electron chi connectivity index (χ1n) is 10.3. The molecular weight excluding hydrogens is 410 g/mol. The van der Waals surface area contributed by atoms with Crippen molar-refractivity contribution in [3.05, 3.63) is 29.8 Å². The number of carboxylic acids is 1. The number of hydrogen-bond acceptors (Lipinski definition) is 8. The molecule has 0 spiro atoms. The molecule has 0 radical (unpaired) electrons. The molecule has 31 heavy (non-hydrogen) atoms. The van der Waals surface area contributed by atoms with Gasteiger partial charge in [0.2, 0.25) is 0 Å². The summed E-state index contributed by atoms with van der Waals surface area (Å²) in [7, 11) is 0. The fraction of sp³-hybridized carbons (Fsp3) is 0.619. The highest BCUT2D eigenvalue weighted by atomic mass is 16.5. The molecule has 10 nitrogen and oxygen atoms in total. The van der Waals surface area contributed by atoms with E-state index in [-0.39, 0.29) is 24.5 Å². The molecule has 1 saturated heterocycles. The molecule has 0 bridgehead atoms. The summed E-state index contributed by atoms with van der Waals surface area (Å²) in [5.41, 5.74) is 0.250. The minimum absolute atomic E-state index is 0.210. The maximum Gasteiger partial charge on any atom is 0.341 e. The van der Waals surface area contributed by atoms with E-state index in [1.54, 1.807) is 12.1 Å². The molecule has 0 saturated carbocycles. The molecule has 0 unspecified atom stereocenters. The fourth-order valence-electron chi connectivity index (χ4n) is 3.39. The summed E-state index contributed by atoms with van der Waals surface area (Å²) in [6, 6.07) is 6.07. The summed E-state index contributed by atoms with van der Waals surface area (Å²) in [4.78, 5) is 25.2. The summed E-state index contributed by atoms with van der Waals surface area (Å²) >= 11 is 0. The number of aliphatic hydroxyl groups is 4. The SMILES string of the molecule is O=C(O)COc1cccc(C(=O)N2CCCCCCO[C@H]([C@H](O)CO)[C@H](O)[C@@H](O)C2)c1. The van der Waals surface area contributed by atoms with Crippen LogP contribution in [0.15, 0.2) is 24.3 Å². The van der Waals surface area contributed by atoms with Gasteiger partial charge >= 0.3 is 5.97 Å². The van der Waals surface area contributed by atoms with Crippen molar-refractivity contribution in [3.63, 3.8) is 0 Å². The van der Waals surface area contributed by atoms with Crippen LogP contribution in [0.25, 0.3) is 0 Å². The molecule has 1 heterocycles. The second-order valence-corrected chi connectivity index (χ2v) is 7.52. The Labute approximate surface area is 180 Å². The lowest BCUT2D eigenvalue weighted by molar-refractivity contribution is -0.145. The van der Waals surface area contributed by atoms with E-state index in [4.69, 9.17) is 14.6 Å². The van der Waals surface area contributed by atoms with Gasteiger partial charge in [-0.15, -0.1) is 0 Å². The van der Waals surface area contributed by atoms with Crippen LogP contribution in [0.1, 0.15) is 36.0 Å². The second kappa shape index (κ2) is 12.6. The van der Waals surface area contributed by atoms with Crippen LogP contribution in [0, 0.1) is 0 Å². The first-order chi connectivity index (χ1) is 14.8. The number of β-amino-alcohol motifs (C(OH)–C–C–N with tert-alkyl or cyclic N) is 1. The van der Waals surface area contributed by atoms with Gasteiger partial charge < -0.3 is 39.9 Å². The van der Waals surface area contributed by atoms with Crippen molar-refractivity contribution < 1.29 is 44.6 Å². The van der Waals surface area contributed by atoms with Crippen LogP contribution in [0.4, 0.5) is 0 Å². The molecule has 174 valence electrons. The highest BCUT2D eigenvalue weighted by molar-refractivity contribution is 5.94. The Morgan fingerprint density at radius 1 is 1.19 bits per heavy atom. The number of aliphatic hydroxyl groups excluding tert-OH is 4. The van der Waals surface area contributed by atoms with Gasteiger partial charge in [-0.3, -0.25) is 4.79 Å². The molecule has 1 aliphatic heterocycles. The van der Waals surface area contributed by atoms with Gasteiger partial charge in [0.15, 0.2) is 6.61 Å². The first-order valence-corrected chi connectivity index (χ1v) is 10.3. The predicted octanol–water partition coefficient (Wildman–Crippen LogP) is -0.374. The molecule has 2 rings (SSSR count). The number of carbonyl (C=O) groups excluding carboxylic acids is 1. The maximum absolute atomic E-state index is 13.1. The van der Waals surface area contributed by atoms with Crippen LogP contribution in [-0.4, -0.2) is 99.6 Å². The summed E-state index contributed by atoms with van der Waals surface area (Å²) in [6.45, 7) is -0.770. The third kappa shape index (κ3) is 7.75. The van der Waals surface area contributed by atoms with Crippen molar-refractivity contribution in [2.45, 2.75) is 50.1 Å². The van der Waals surface area contributed by atoms with Gasteiger partial charge in [-0.05, 0) is 31.0 Å². The molecular formula is C21H31NO9. The number of ether oxygens (including phenoxy) is 2. The molecule has 1 fully saturated rings. The smallest absolute Gasteiger partial charge is 0.341 e. The van der Waals surface area contributed by atoms with Crippen molar-refractivity contribution in [2.24, 2.45) is 0 Å². The zero-order valence-corrected chi connectivity index (χ0v) is 17.3. The van der Waals surface area contributed by atoms with Crippen molar-refractivity contribution in [3.8, 4) is 5.75 Å². The van der Waals surface area contributed by atoms with Crippen molar-refractivity contribution >= 4 is 11.9 Å². The molecule has 1 aromatic rings. The lowest BCUT2D eigenvalue weighted by Crippen LogP contribution is -2.52. The quantitative estimate of drug-likeness (QED) is 0.397. The van der Waals surface area contributed by atoms with E-state index in [1.165, 1.54) is 17.0 Å². The van der Waals surface area contributed by atoms with Crippen molar-refractivity contribution in [1.82, 2.24) is 4.90 Å². The number of carboxylic acid groups (broad SMARTS) is 1. The standard InChI is InChI=1S/C21H31NO9/c23-12-17(25)20-19(28)16(24)11-22(8-3-1-2-4-9-30-20)21(29)14-6-5-7-15(10-14)31-13-18(26)27/h5-7,10,16-17,19-20,23-25,28H,1-4,8-9,11-13H2,(H,26,27)/t16-,17+,19+,20+/m0/s1. The number of amides is 1. The Hall–Kier alpha value is -2.24. The van der Waals surface area contributed by atoms with Gasteiger partial charge in [-0.1, -0.05) is 18.9 Å². The highest BCUT2D eigenvalue weighted by Crippen LogP contribution is 2.18. The Balaban J connectivity index is 2.17. The molecule has 1 amide bonds. The van der Waals surface area contributed by atoms with Crippen LogP contribution < -0.4 is 4.74 Å². The Morgan fingerprint density at radius 2 is 1.94 bits per heavy atom. The number of carbonyl (C=O) groups is 2. The van der Waals surface area contributed by atoms with Gasteiger partial charge in [0, 0.05) is 25.3 Å². The summed E-state index contributed by atoms with van der Waals surface area (Å²) < 4.78 is 10.6. The fourth-order valence-corrected chi connectivity index (χ4v) is 3.39. The number of aliphatic carboxylic acids is 1. The van der Waals surface area contributed by atoms with Crippen molar-refractivity contribution in [1.29, 1.82) is 0 Å². The van der Waals surface area contributed by atoms with Crippen molar-refractivity contribution in [2.75, 3.05) is 32.9 Å². The zero-order chi connectivity index (χ0) is 22.8. The van der Waals surface area contributed by atoms with E-state index in [9.17, 15) is 30.0 Å². The van der Waals surface area contributed by atoms with Crippen LogP contribution >= 0.6 is 0 Å². The maximum atomic E-state index is 13.1. The van der Waals surface area contributed by atoms with Gasteiger partial charge in [0.25, 0.3) is 5.91 Å². The van der Waals surface area contributed by atoms with E-state index in [0.29, 0.717) is 19.4 Å². The largest absolute Gasteiger partial charge is 0.482 e. The normalized spacial score (nSPS) is 24.5. The van der Waals surface area contributed by atoms with E-state index in [2.05, 4.69) is 0 Å². The minimum atomic E-state index is -1.51. The van der Waals surface area contributed by atoms with Crippen LogP contribution in [0.5, 0.6) is 5.75 Å². The molecule has 0 aromatic heterocycles. The van der Waals surface area contributed by atoms with Crippen LogP contribution in [-0.2, 0) is 9.53 Å². The van der Waals surface area contributed by atoms with Crippen LogP contribution in [0.3, 0.4) is 0 Å². The van der Waals surface area contributed by atoms with Gasteiger partial charge in [0.1, 0.15) is 30.2 Å². The Morgan fingerprint density at radius 3 is 2.65 bits per heavy atom. The number of rotatable bonds is 6. The Kier molecular flexibility index (Phi) is 10.2. The number of benzene rings is 1. The molecule has 1 aromatic carbocycles.